The van der Waals surface area contributed by atoms with Gasteiger partial charge in [-0.05, 0) is 54.5 Å². The van der Waals surface area contributed by atoms with Crippen molar-refractivity contribution in [3.63, 3.8) is 0 Å². The van der Waals surface area contributed by atoms with Gasteiger partial charge in [-0.1, -0.05) is 26.0 Å². The Morgan fingerprint density at radius 2 is 1.71 bits per heavy atom. The predicted molar refractivity (Wildman–Crippen MR) is 109 cm³/mol. The molecule has 0 unspecified atom stereocenters. The van der Waals surface area contributed by atoms with Crippen LogP contribution in [0.5, 0.6) is 0 Å². The maximum Gasteiger partial charge on any atom is 0.338 e. The van der Waals surface area contributed by atoms with Crippen LogP contribution >= 0.6 is 11.8 Å². The van der Waals surface area contributed by atoms with E-state index in [4.69, 9.17) is 4.74 Å². The molecule has 2 amide bonds. The van der Waals surface area contributed by atoms with E-state index in [9.17, 15) is 14.4 Å². The third-order valence-corrected chi connectivity index (χ3v) is 5.41. The monoisotopic (exact) mass is 397 g/mol. The van der Waals surface area contributed by atoms with Gasteiger partial charge >= 0.3 is 5.97 Å². The van der Waals surface area contributed by atoms with E-state index in [1.165, 1.54) is 23.1 Å². The number of benzene rings is 2. The Morgan fingerprint density at radius 3 is 2.36 bits per heavy atom. The van der Waals surface area contributed by atoms with E-state index in [1.54, 1.807) is 11.8 Å². The second-order valence-corrected chi connectivity index (χ2v) is 8.01. The first-order chi connectivity index (χ1) is 13.4. The smallest absolute Gasteiger partial charge is 0.338 e. The van der Waals surface area contributed by atoms with Crippen LogP contribution in [0.25, 0.3) is 0 Å². The number of carbonyl (C=O) groups excluding carboxylic acids is 3. The Balaban J connectivity index is 1.69. The fourth-order valence-electron chi connectivity index (χ4n) is 2.96. The van der Waals surface area contributed by atoms with Gasteiger partial charge in [0.25, 0.3) is 11.8 Å². The summed E-state index contributed by atoms with van der Waals surface area (Å²) in [7, 11) is 0. The maximum absolute atomic E-state index is 12.6. The molecular weight excluding hydrogens is 374 g/mol. The van der Waals surface area contributed by atoms with Gasteiger partial charge in [-0.3, -0.25) is 14.5 Å². The third-order valence-electron chi connectivity index (χ3n) is 4.67. The lowest BCUT2D eigenvalue weighted by atomic mass is 10.1. The predicted octanol–water partition coefficient (Wildman–Crippen LogP) is 4.41. The van der Waals surface area contributed by atoms with Crippen molar-refractivity contribution < 1.29 is 19.1 Å². The van der Waals surface area contributed by atoms with Crippen molar-refractivity contribution in [1.29, 1.82) is 0 Å². The number of rotatable bonds is 7. The zero-order valence-electron chi connectivity index (χ0n) is 16.2. The first kappa shape index (κ1) is 20.1. The maximum atomic E-state index is 12.6. The number of carbonyl (C=O) groups is 3. The first-order valence-corrected chi connectivity index (χ1v) is 10.4. The summed E-state index contributed by atoms with van der Waals surface area (Å²) in [6.45, 7) is 4.62. The minimum atomic E-state index is -0.516. The summed E-state index contributed by atoms with van der Waals surface area (Å²) in [6.07, 6.45) is 2.74. The van der Waals surface area contributed by atoms with Crippen molar-refractivity contribution >= 4 is 29.5 Å². The van der Waals surface area contributed by atoms with Gasteiger partial charge < -0.3 is 4.74 Å². The Kier molecular flexibility index (Phi) is 6.19. The zero-order chi connectivity index (χ0) is 20.3. The summed E-state index contributed by atoms with van der Waals surface area (Å²) < 4.78 is 5.36. The van der Waals surface area contributed by atoms with Gasteiger partial charge in [0.1, 0.15) is 6.61 Å². The van der Waals surface area contributed by atoms with Gasteiger partial charge in [-0.2, -0.15) is 0 Å². The lowest BCUT2D eigenvalue weighted by molar-refractivity contribution is 0.0472. The van der Waals surface area contributed by atoms with Gasteiger partial charge in [0.15, 0.2) is 0 Å². The largest absolute Gasteiger partial charge is 0.457 e. The highest BCUT2D eigenvalue weighted by Crippen LogP contribution is 2.25. The number of fused-ring (bicyclic) bond motifs is 1. The number of hydrogen-bond acceptors (Lipinski definition) is 5. The molecule has 0 aromatic heterocycles. The molecule has 2 aromatic carbocycles. The molecule has 1 aliphatic heterocycles. The molecule has 1 aliphatic rings. The molecule has 0 radical (unpaired) electrons. The van der Waals surface area contributed by atoms with Crippen LogP contribution in [-0.4, -0.2) is 35.5 Å². The quantitative estimate of drug-likeness (QED) is 0.393. The lowest BCUT2D eigenvalue weighted by Crippen LogP contribution is -2.31. The van der Waals surface area contributed by atoms with Crippen LogP contribution in [0, 0.1) is 5.92 Å². The number of esters is 1. The highest BCUT2D eigenvalue weighted by molar-refractivity contribution is 7.98. The number of nitrogens with zero attached hydrogens (tertiary/aromatic N) is 1. The first-order valence-electron chi connectivity index (χ1n) is 9.21. The minimum Gasteiger partial charge on any atom is -0.457 e. The van der Waals surface area contributed by atoms with Crippen LogP contribution in [-0.2, 0) is 11.3 Å². The van der Waals surface area contributed by atoms with Crippen molar-refractivity contribution in [3.8, 4) is 0 Å². The Bertz CT molecular complexity index is 905. The number of ether oxygens (including phenoxy) is 1. The molecule has 0 fully saturated rings. The minimum absolute atomic E-state index is 0.151. The molecular formula is C22H23NO4S. The van der Waals surface area contributed by atoms with E-state index >= 15 is 0 Å². The van der Waals surface area contributed by atoms with Crippen LogP contribution in [0.1, 0.15) is 56.9 Å². The molecule has 28 heavy (non-hydrogen) atoms. The summed E-state index contributed by atoms with van der Waals surface area (Å²) in [4.78, 5) is 39.8. The summed E-state index contributed by atoms with van der Waals surface area (Å²) in [5, 5.41) is 0. The molecule has 0 saturated heterocycles. The van der Waals surface area contributed by atoms with Gasteiger partial charge in [0.2, 0.25) is 0 Å². The molecule has 0 atom stereocenters. The van der Waals surface area contributed by atoms with Crippen LogP contribution in [0.15, 0.2) is 47.4 Å². The van der Waals surface area contributed by atoms with Crippen molar-refractivity contribution in [2.24, 2.45) is 5.92 Å². The normalized spacial score (nSPS) is 13.2. The third kappa shape index (κ3) is 4.28. The van der Waals surface area contributed by atoms with E-state index in [-0.39, 0.29) is 29.5 Å². The molecule has 5 nitrogen and oxygen atoms in total. The van der Waals surface area contributed by atoms with Crippen LogP contribution in [0.3, 0.4) is 0 Å². The van der Waals surface area contributed by atoms with Gasteiger partial charge in [0.05, 0.1) is 16.7 Å². The van der Waals surface area contributed by atoms with E-state index in [0.717, 1.165) is 16.9 Å². The number of imide groups is 1. The van der Waals surface area contributed by atoms with Crippen molar-refractivity contribution in [2.45, 2.75) is 31.8 Å². The molecule has 3 rings (SSSR count). The molecule has 0 spiro atoms. The van der Waals surface area contributed by atoms with Crippen molar-refractivity contribution in [1.82, 2.24) is 4.90 Å². The fourth-order valence-corrected chi connectivity index (χ4v) is 3.37. The highest BCUT2D eigenvalue weighted by atomic mass is 32.2. The molecule has 146 valence electrons. The second-order valence-electron chi connectivity index (χ2n) is 7.13. The standard InChI is InChI=1S/C22H23NO4S/c1-14(2)10-11-23-20(24)18-9-6-16(12-19(18)21(23)25)22(26)27-13-15-4-7-17(28-3)8-5-15/h4-9,12,14H,10-11,13H2,1-3H3. The molecule has 0 bridgehead atoms. The second kappa shape index (κ2) is 8.61. The van der Waals surface area contributed by atoms with Crippen molar-refractivity contribution in [2.75, 3.05) is 12.8 Å². The van der Waals surface area contributed by atoms with Gasteiger partial charge in [-0.25, -0.2) is 4.79 Å². The molecule has 6 heteroatoms. The molecule has 0 saturated carbocycles. The number of amides is 2. The van der Waals surface area contributed by atoms with E-state index in [0.29, 0.717) is 18.0 Å². The van der Waals surface area contributed by atoms with Crippen LogP contribution < -0.4 is 0 Å². The Morgan fingerprint density at radius 1 is 1.04 bits per heavy atom. The van der Waals surface area contributed by atoms with Gasteiger partial charge in [0, 0.05) is 11.4 Å². The van der Waals surface area contributed by atoms with E-state index in [1.807, 2.05) is 44.4 Å². The topological polar surface area (TPSA) is 63.7 Å². The Labute approximate surface area is 169 Å². The highest BCUT2D eigenvalue weighted by Gasteiger charge is 2.35. The summed E-state index contributed by atoms with van der Waals surface area (Å²) in [6, 6.07) is 12.3. The summed E-state index contributed by atoms with van der Waals surface area (Å²) in [5.41, 5.74) is 1.77. The number of thioether (sulfide) groups is 1. The SMILES string of the molecule is CSc1ccc(COC(=O)c2ccc3c(c2)C(=O)N(CCC(C)C)C3=O)cc1. The Hall–Kier alpha value is -2.60. The molecule has 0 N–H and O–H groups in total. The summed E-state index contributed by atoms with van der Waals surface area (Å²) in [5.74, 6) is -0.769. The fraction of sp³-hybridized carbons (Fsp3) is 0.318. The average Bonchev–Trinajstić information content (AvgIpc) is 2.94. The lowest BCUT2D eigenvalue weighted by Gasteiger charge is -2.14. The van der Waals surface area contributed by atoms with E-state index in [2.05, 4.69) is 0 Å². The molecule has 1 heterocycles. The van der Waals surface area contributed by atoms with Crippen LogP contribution in [0.2, 0.25) is 0 Å². The van der Waals surface area contributed by atoms with E-state index < -0.39 is 5.97 Å². The van der Waals surface area contributed by atoms with Crippen molar-refractivity contribution in [3.05, 3.63) is 64.7 Å². The molecule has 2 aromatic rings. The summed E-state index contributed by atoms with van der Waals surface area (Å²) >= 11 is 1.64. The van der Waals surface area contributed by atoms with Gasteiger partial charge in [-0.15, -0.1) is 11.8 Å². The average molecular weight is 397 g/mol. The number of hydrogen-bond donors (Lipinski definition) is 0. The molecule has 0 aliphatic carbocycles. The van der Waals surface area contributed by atoms with Crippen LogP contribution in [0.4, 0.5) is 0 Å². The zero-order valence-corrected chi connectivity index (χ0v) is 17.0.